The molecule has 4 unspecified atom stereocenters. The number of hydrogen-bond acceptors (Lipinski definition) is 4. The molecule has 26 heavy (non-hydrogen) atoms. The number of hydrogen-bond donors (Lipinski definition) is 1. The van der Waals surface area contributed by atoms with Crippen LogP contribution < -0.4 is 5.32 Å². The molecule has 1 N–H and O–H groups in total. The van der Waals surface area contributed by atoms with Gasteiger partial charge < -0.3 is 19.9 Å². The first-order valence-electron chi connectivity index (χ1n) is 9.54. The van der Waals surface area contributed by atoms with Crippen LogP contribution in [-0.4, -0.2) is 75.2 Å². The molecule has 6 nitrogen and oxygen atoms in total. The molecule has 1 saturated heterocycles. The Hall–Kier alpha value is -0.570. The van der Waals surface area contributed by atoms with Crippen LogP contribution in [0.1, 0.15) is 39.5 Å². The zero-order chi connectivity index (χ0) is 18.6. The summed E-state index contributed by atoms with van der Waals surface area (Å²) in [6.07, 6.45) is 5.04. The Labute approximate surface area is 176 Å². The average Bonchev–Trinajstić information content (AvgIpc) is 2.96. The van der Waals surface area contributed by atoms with Crippen LogP contribution in [0.15, 0.2) is 4.99 Å². The van der Waals surface area contributed by atoms with Gasteiger partial charge in [-0.3, -0.25) is 9.79 Å². The van der Waals surface area contributed by atoms with Crippen molar-refractivity contribution in [3.8, 4) is 0 Å². The monoisotopic (exact) mass is 480 g/mol. The normalized spacial score (nSPS) is 32.3. The zero-order valence-electron chi connectivity index (χ0n) is 17.2. The molecule has 0 aromatic rings. The molecule has 0 spiro atoms. The zero-order valence-corrected chi connectivity index (χ0v) is 19.6. The van der Waals surface area contributed by atoms with Gasteiger partial charge in [-0.25, -0.2) is 0 Å². The maximum Gasteiger partial charge on any atom is 0.310 e. The Kier molecular flexibility index (Phi) is 9.12. The number of halogens is 1. The molecule has 0 aromatic carbocycles. The number of ether oxygens (including phenoxy) is 1. The molecule has 1 aliphatic carbocycles. The van der Waals surface area contributed by atoms with E-state index in [1.54, 1.807) is 0 Å². The first-order chi connectivity index (χ1) is 11.8. The summed E-state index contributed by atoms with van der Waals surface area (Å²) in [6, 6.07) is 0. The molecule has 4 atom stereocenters. The molecule has 0 bridgehead atoms. The summed E-state index contributed by atoms with van der Waals surface area (Å²) in [6.45, 7) is 6.88. The van der Waals surface area contributed by atoms with Gasteiger partial charge in [0.15, 0.2) is 5.96 Å². The Morgan fingerprint density at radius 1 is 1.35 bits per heavy atom. The Morgan fingerprint density at radius 3 is 2.58 bits per heavy atom. The number of carbonyl (C=O) groups is 1. The third kappa shape index (κ3) is 5.24. The minimum absolute atomic E-state index is 0. The number of esters is 1. The first kappa shape index (κ1) is 23.5. The molecular formula is C19H37IN4O2. The quantitative estimate of drug-likeness (QED) is 0.290. The fourth-order valence-corrected chi connectivity index (χ4v) is 4.53. The second-order valence-corrected chi connectivity index (χ2v) is 8.23. The maximum atomic E-state index is 11.9. The molecule has 2 fully saturated rings. The van der Waals surface area contributed by atoms with E-state index in [1.165, 1.54) is 32.8 Å². The van der Waals surface area contributed by atoms with Crippen molar-refractivity contribution in [2.75, 3.05) is 47.9 Å². The minimum Gasteiger partial charge on any atom is -0.469 e. The van der Waals surface area contributed by atoms with Crippen LogP contribution in [0.25, 0.3) is 0 Å². The second-order valence-electron chi connectivity index (χ2n) is 8.23. The number of carbonyl (C=O) groups excluding carboxylic acids is 1. The lowest BCUT2D eigenvalue weighted by molar-refractivity contribution is -0.145. The highest BCUT2D eigenvalue weighted by atomic mass is 127. The van der Waals surface area contributed by atoms with Gasteiger partial charge in [0.1, 0.15) is 0 Å². The van der Waals surface area contributed by atoms with Crippen LogP contribution in [0.5, 0.6) is 0 Å². The molecule has 0 radical (unpaired) electrons. The van der Waals surface area contributed by atoms with E-state index in [0.717, 1.165) is 25.0 Å². The van der Waals surface area contributed by atoms with Gasteiger partial charge >= 0.3 is 5.97 Å². The van der Waals surface area contributed by atoms with Crippen LogP contribution >= 0.6 is 24.0 Å². The van der Waals surface area contributed by atoms with Crippen molar-refractivity contribution in [3.63, 3.8) is 0 Å². The van der Waals surface area contributed by atoms with E-state index in [9.17, 15) is 4.79 Å². The summed E-state index contributed by atoms with van der Waals surface area (Å²) in [4.78, 5) is 21.0. The maximum absolute atomic E-state index is 11.9. The van der Waals surface area contributed by atoms with Crippen molar-refractivity contribution in [1.29, 1.82) is 0 Å². The summed E-state index contributed by atoms with van der Waals surface area (Å²) in [5.74, 6) is 1.76. The van der Waals surface area contributed by atoms with Gasteiger partial charge in [-0.15, -0.1) is 24.0 Å². The van der Waals surface area contributed by atoms with Crippen molar-refractivity contribution in [2.45, 2.75) is 45.1 Å². The lowest BCUT2D eigenvalue weighted by atomic mass is 9.75. The van der Waals surface area contributed by atoms with E-state index in [0.29, 0.717) is 6.54 Å². The molecule has 1 heterocycles. The third-order valence-electron chi connectivity index (χ3n) is 6.22. The second kappa shape index (κ2) is 10.1. The van der Waals surface area contributed by atoms with E-state index >= 15 is 0 Å². The van der Waals surface area contributed by atoms with Gasteiger partial charge in [-0.1, -0.05) is 26.7 Å². The summed E-state index contributed by atoms with van der Waals surface area (Å²) in [5, 5.41) is 3.60. The fraction of sp³-hybridized carbons (Fsp3) is 0.895. The Balaban J connectivity index is 0.00000338. The molecule has 2 aliphatic rings. The van der Waals surface area contributed by atoms with Crippen molar-refractivity contribution >= 4 is 35.9 Å². The number of likely N-dealkylation sites (tertiary alicyclic amines) is 1. The van der Waals surface area contributed by atoms with E-state index in [2.05, 4.69) is 48.1 Å². The minimum atomic E-state index is -0.115. The molecule has 1 saturated carbocycles. The Morgan fingerprint density at radius 2 is 2.04 bits per heavy atom. The highest BCUT2D eigenvalue weighted by molar-refractivity contribution is 14.0. The summed E-state index contributed by atoms with van der Waals surface area (Å²) >= 11 is 0. The van der Waals surface area contributed by atoms with Crippen LogP contribution in [0.2, 0.25) is 0 Å². The molecule has 152 valence electrons. The number of guanidine groups is 1. The SMILES string of the molecule is CN=C(NCC1(N(C)C)CCCC(C)C1)N1CC(C)C(C(=O)OC)C1.I. The van der Waals surface area contributed by atoms with Crippen molar-refractivity contribution in [3.05, 3.63) is 0 Å². The van der Waals surface area contributed by atoms with Crippen molar-refractivity contribution in [1.82, 2.24) is 15.1 Å². The number of methoxy groups -OCH3 is 1. The Bertz CT molecular complexity index is 500. The largest absolute Gasteiger partial charge is 0.469 e. The van der Waals surface area contributed by atoms with Crippen LogP contribution in [0.4, 0.5) is 0 Å². The first-order valence-corrected chi connectivity index (χ1v) is 9.54. The molecule has 0 amide bonds. The molecule has 2 rings (SSSR count). The molecule has 0 aromatic heterocycles. The summed E-state index contributed by atoms with van der Waals surface area (Å²) in [5.41, 5.74) is 0.181. The van der Waals surface area contributed by atoms with Gasteiger partial charge in [0.2, 0.25) is 0 Å². The summed E-state index contributed by atoms with van der Waals surface area (Å²) < 4.78 is 4.95. The third-order valence-corrected chi connectivity index (χ3v) is 6.22. The van der Waals surface area contributed by atoms with E-state index in [1.807, 2.05) is 7.05 Å². The molecule has 1 aliphatic heterocycles. The van der Waals surface area contributed by atoms with Crippen LogP contribution in [-0.2, 0) is 9.53 Å². The van der Waals surface area contributed by atoms with E-state index in [4.69, 9.17) is 4.74 Å². The number of likely N-dealkylation sites (N-methyl/N-ethyl adjacent to an activating group) is 1. The van der Waals surface area contributed by atoms with Gasteiger partial charge in [0, 0.05) is 32.2 Å². The summed E-state index contributed by atoms with van der Waals surface area (Å²) in [7, 11) is 7.67. The van der Waals surface area contributed by atoms with Crippen LogP contribution in [0, 0.1) is 17.8 Å². The van der Waals surface area contributed by atoms with Gasteiger partial charge in [0.25, 0.3) is 0 Å². The highest BCUT2D eigenvalue weighted by Gasteiger charge is 2.39. The van der Waals surface area contributed by atoms with Crippen LogP contribution in [0.3, 0.4) is 0 Å². The topological polar surface area (TPSA) is 57.2 Å². The lowest BCUT2D eigenvalue weighted by Crippen LogP contribution is -2.56. The smallest absolute Gasteiger partial charge is 0.310 e. The highest BCUT2D eigenvalue weighted by Crippen LogP contribution is 2.35. The fourth-order valence-electron chi connectivity index (χ4n) is 4.53. The van der Waals surface area contributed by atoms with Gasteiger partial charge in [0.05, 0.1) is 13.0 Å². The number of nitrogens with one attached hydrogen (secondary N) is 1. The van der Waals surface area contributed by atoms with Crippen molar-refractivity contribution in [2.24, 2.45) is 22.7 Å². The van der Waals surface area contributed by atoms with Gasteiger partial charge in [-0.2, -0.15) is 0 Å². The number of nitrogens with zero attached hydrogens (tertiary/aromatic N) is 3. The standard InChI is InChI=1S/C19H36N4O2.HI/c1-14-8-7-9-19(10-14,22(4)5)13-21-18(20-3)23-11-15(2)16(12-23)17(24)25-6;/h14-16H,7-13H2,1-6H3,(H,20,21);1H. The average molecular weight is 480 g/mol. The predicted octanol–water partition coefficient (Wildman–Crippen LogP) is 2.43. The number of aliphatic imine (C=N–C) groups is 1. The predicted molar refractivity (Wildman–Crippen MR) is 117 cm³/mol. The number of rotatable bonds is 4. The molecular weight excluding hydrogens is 443 g/mol. The molecule has 7 heteroatoms. The van der Waals surface area contributed by atoms with E-state index in [-0.39, 0.29) is 47.3 Å². The van der Waals surface area contributed by atoms with Crippen molar-refractivity contribution < 1.29 is 9.53 Å². The van der Waals surface area contributed by atoms with Gasteiger partial charge in [-0.05, 0) is 38.8 Å². The van der Waals surface area contributed by atoms with E-state index < -0.39 is 0 Å². The lowest BCUT2D eigenvalue weighted by Gasteiger charge is -2.45.